The van der Waals surface area contributed by atoms with Gasteiger partial charge in [-0.15, -0.1) is 11.3 Å². The highest BCUT2D eigenvalue weighted by molar-refractivity contribution is 7.14. The number of hydrogen-bond donors (Lipinski definition) is 2. The third-order valence-electron chi connectivity index (χ3n) is 4.57. The van der Waals surface area contributed by atoms with Crippen molar-refractivity contribution >= 4 is 34.0 Å². The fourth-order valence-electron chi connectivity index (χ4n) is 3.07. The molecule has 0 unspecified atom stereocenters. The van der Waals surface area contributed by atoms with Gasteiger partial charge in [-0.25, -0.2) is 18.7 Å². The topological polar surface area (TPSA) is 97.1 Å². The van der Waals surface area contributed by atoms with E-state index in [9.17, 15) is 18.4 Å². The summed E-state index contributed by atoms with van der Waals surface area (Å²) < 4.78 is 33.8. The Morgan fingerprint density at radius 1 is 1.06 bits per heavy atom. The zero-order chi connectivity index (χ0) is 23.4. The number of anilines is 2. The number of halogens is 2. The summed E-state index contributed by atoms with van der Waals surface area (Å²) in [4.78, 5) is 31.7. The number of benzene rings is 2. The first kappa shape index (κ1) is 22.3. The monoisotopic (exact) mass is 468 g/mol. The van der Waals surface area contributed by atoms with Crippen LogP contribution in [0.25, 0.3) is 22.6 Å². The van der Waals surface area contributed by atoms with Crippen molar-refractivity contribution in [2.75, 3.05) is 10.6 Å². The highest BCUT2D eigenvalue weighted by Crippen LogP contribution is 2.29. The summed E-state index contributed by atoms with van der Waals surface area (Å²) in [5.41, 5.74) is 1.26. The fourth-order valence-corrected chi connectivity index (χ4v) is 3.80. The zero-order valence-corrected chi connectivity index (χ0v) is 18.2. The van der Waals surface area contributed by atoms with E-state index in [1.54, 1.807) is 29.6 Å². The molecular weight excluding hydrogens is 450 g/mol. The Balaban J connectivity index is 1.35. The van der Waals surface area contributed by atoms with E-state index in [4.69, 9.17) is 4.42 Å². The summed E-state index contributed by atoms with van der Waals surface area (Å²) in [6, 6.07) is 10.5. The molecule has 0 bridgehead atoms. The summed E-state index contributed by atoms with van der Waals surface area (Å²) in [6.07, 6.45) is 1.72. The lowest BCUT2D eigenvalue weighted by Crippen LogP contribution is -2.12. The molecule has 0 spiro atoms. The summed E-state index contributed by atoms with van der Waals surface area (Å²) in [5, 5.41) is 7.12. The number of nitrogens with zero attached hydrogens (tertiary/aromatic N) is 2. The molecule has 168 valence electrons. The number of carbonyl (C=O) groups is 2. The van der Waals surface area contributed by atoms with Crippen molar-refractivity contribution in [3.63, 3.8) is 0 Å². The minimum atomic E-state index is -0.543. The molecule has 7 nitrogen and oxygen atoms in total. The predicted molar refractivity (Wildman–Crippen MR) is 121 cm³/mol. The number of aryl methyl sites for hydroxylation is 1. The Hall–Kier alpha value is -3.92. The Morgan fingerprint density at radius 2 is 1.88 bits per heavy atom. The van der Waals surface area contributed by atoms with E-state index in [2.05, 4.69) is 20.6 Å². The molecule has 0 saturated carbocycles. The molecule has 0 aliphatic heterocycles. The maximum absolute atomic E-state index is 14.4. The molecule has 2 amide bonds. The lowest BCUT2D eigenvalue weighted by molar-refractivity contribution is -0.116. The summed E-state index contributed by atoms with van der Waals surface area (Å²) in [6.45, 7) is 1.34. The number of carbonyl (C=O) groups excluding carboxylic acids is 2. The van der Waals surface area contributed by atoms with Gasteiger partial charge in [0, 0.05) is 36.4 Å². The molecule has 0 radical (unpaired) electrons. The molecule has 2 aromatic heterocycles. The molecule has 0 fully saturated rings. The van der Waals surface area contributed by atoms with E-state index >= 15 is 0 Å². The molecule has 4 rings (SSSR count). The Morgan fingerprint density at radius 3 is 2.64 bits per heavy atom. The van der Waals surface area contributed by atoms with Gasteiger partial charge in [0.15, 0.2) is 16.8 Å². The van der Waals surface area contributed by atoms with Crippen molar-refractivity contribution in [1.82, 2.24) is 9.97 Å². The van der Waals surface area contributed by atoms with Crippen LogP contribution in [0.15, 0.2) is 58.5 Å². The number of oxazole rings is 1. The number of rotatable bonds is 7. The van der Waals surface area contributed by atoms with Crippen molar-refractivity contribution in [3.05, 3.63) is 71.6 Å². The van der Waals surface area contributed by atoms with Crippen molar-refractivity contribution in [3.8, 4) is 22.6 Å². The number of nitrogens with one attached hydrogen (secondary N) is 2. The molecule has 2 N–H and O–H groups in total. The quantitative estimate of drug-likeness (QED) is 0.385. The highest BCUT2D eigenvalue weighted by atomic mass is 32.1. The van der Waals surface area contributed by atoms with Crippen LogP contribution >= 0.6 is 11.3 Å². The van der Waals surface area contributed by atoms with Gasteiger partial charge in [0.05, 0.1) is 17.5 Å². The molecule has 33 heavy (non-hydrogen) atoms. The van der Waals surface area contributed by atoms with E-state index in [-0.39, 0.29) is 30.2 Å². The van der Waals surface area contributed by atoms with Crippen LogP contribution in [-0.4, -0.2) is 21.8 Å². The van der Waals surface area contributed by atoms with Crippen molar-refractivity contribution in [1.29, 1.82) is 0 Å². The van der Waals surface area contributed by atoms with Crippen LogP contribution in [0.5, 0.6) is 0 Å². The van der Waals surface area contributed by atoms with Crippen molar-refractivity contribution < 1.29 is 22.8 Å². The second-order valence-electron chi connectivity index (χ2n) is 7.06. The first-order chi connectivity index (χ1) is 15.9. The Labute approximate surface area is 191 Å². The average molecular weight is 468 g/mol. The van der Waals surface area contributed by atoms with E-state index in [0.717, 1.165) is 11.3 Å². The van der Waals surface area contributed by atoms with Gasteiger partial charge >= 0.3 is 0 Å². The van der Waals surface area contributed by atoms with Crippen LogP contribution in [0.3, 0.4) is 0 Å². The third kappa shape index (κ3) is 5.47. The minimum absolute atomic E-state index is 0.0753. The predicted octanol–water partition coefficient (Wildman–Crippen LogP) is 5.27. The van der Waals surface area contributed by atoms with Gasteiger partial charge in [-0.1, -0.05) is 12.1 Å². The zero-order valence-electron chi connectivity index (χ0n) is 17.4. The SMILES string of the molecule is CC(=O)Nc1ccc(-c2csc(NC(=O)CCc3ncc(-c4ccccc4F)o3)n2)c(F)c1. The highest BCUT2D eigenvalue weighted by Gasteiger charge is 2.14. The average Bonchev–Trinajstić information content (AvgIpc) is 3.42. The van der Waals surface area contributed by atoms with Crippen LogP contribution < -0.4 is 10.6 Å². The molecule has 0 atom stereocenters. The first-order valence-electron chi connectivity index (χ1n) is 9.91. The maximum atomic E-state index is 14.4. The molecule has 2 aromatic carbocycles. The Kier molecular flexibility index (Phi) is 6.55. The summed E-state index contributed by atoms with van der Waals surface area (Å²) in [7, 11) is 0. The number of hydrogen-bond acceptors (Lipinski definition) is 6. The standard InChI is InChI=1S/C23H18F2N4O3S/c1-13(30)27-14-6-7-15(18(25)10-14)19-12-33-23(28-19)29-21(31)8-9-22-26-11-20(32-22)16-4-2-3-5-17(16)24/h2-7,10-12H,8-9H2,1H3,(H,27,30)(H,28,29,31). The second-order valence-corrected chi connectivity index (χ2v) is 7.92. The lowest BCUT2D eigenvalue weighted by Gasteiger charge is -2.05. The van der Waals surface area contributed by atoms with Gasteiger partial charge in [-0.3, -0.25) is 9.59 Å². The normalized spacial score (nSPS) is 10.8. The lowest BCUT2D eigenvalue weighted by atomic mass is 10.1. The van der Waals surface area contributed by atoms with Crippen LogP contribution in [0, 0.1) is 11.6 Å². The number of thiazole rings is 1. The molecule has 0 saturated heterocycles. The van der Waals surface area contributed by atoms with Gasteiger partial charge in [0.1, 0.15) is 11.6 Å². The molecule has 2 heterocycles. The molecule has 10 heteroatoms. The smallest absolute Gasteiger partial charge is 0.226 e. The number of aromatic nitrogens is 2. The van der Waals surface area contributed by atoms with Crippen LogP contribution in [0.2, 0.25) is 0 Å². The van der Waals surface area contributed by atoms with Crippen LogP contribution in [-0.2, 0) is 16.0 Å². The van der Waals surface area contributed by atoms with E-state index < -0.39 is 11.6 Å². The van der Waals surface area contributed by atoms with Gasteiger partial charge < -0.3 is 15.1 Å². The van der Waals surface area contributed by atoms with Crippen LogP contribution in [0.1, 0.15) is 19.2 Å². The molecule has 0 aliphatic carbocycles. The van der Waals surface area contributed by atoms with Gasteiger partial charge in [0.2, 0.25) is 11.8 Å². The maximum Gasteiger partial charge on any atom is 0.226 e. The third-order valence-corrected chi connectivity index (χ3v) is 5.33. The molecule has 0 aliphatic rings. The second kappa shape index (κ2) is 9.70. The largest absolute Gasteiger partial charge is 0.441 e. The van der Waals surface area contributed by atoms with E-state index in [0.29, 0.717) is 33.7 Å². The van der Waals surface area contributed by atoms with Crippen LogP contribution in [0.4, 0.5) is 19.6 Å². The molecule has 4 aromatic rings. The fraction of sp³-hybridized carbons (Fsp3) is 0.130. The van der Waals surface area contributed by atoms with E-state index in [1.165, 1.54) is 31.3 Å². The number of amides is 2. The van der Waals surface area contributed by atoms with Crippen molar-refractivity contribution in [2.24, 2.45) is 0 Å². The van der Waals surface area contributed by atoms with Gasteiger partial charge in [0.25, 0.3) is 0 Å². The summed E-state index contributed by atoms with van der Waals surface area (Å²) >= 11 is 1.16. The van der Waals surface area contributed by atoms with E-state index in [1.807, 2.05) is 0 Å². The minimum Gasteiger partial charge on any atom is -0.441 e. The van der Waals surface area contributed by atoms with Gasteiger partial charge in [-0.2, -0.15) is 0 Å². The first-order valence-corrected chi connectivity index (χ1v) is 10.8. The molecular formula is C23H18F2N4O3S. The van der Waals surface area contributed by atoms with Crippen molar-refractivity contribution in [2.45, 2.75) is 19.8 Å². The van der Waals surface area contributed by atoms with Gasteiger partial charge in [-0.05, 0) is 30.3 Å². The Bertz CT molecular complexity index is 1320. The summed E-state index contributed by atoms with van der Waals surface area (Å²) in [5.74, 6) is -0.973.